The molecule has 1 atom stereocenters. The van der Waals surface area contributed by atoms with Crippen LogP contribution < -0.4 is 5.32 Å². The molecule has 1 aromatic rings. The van der Waals surface area contributed by atoms with Crippen molar-refractivity contribution >= 4 is 21.6 Å². The first-order valence-electron chi connectivity index (χ1n) is 4.50. The second kappa shape index (κ2) is 4.63. The van der Waals surface area contributed by atoms with Gasteiger partial charge in [-0.15, -0.1) is 0 Å². The molecule has 1 aromatic carbocycles. The van der Waals surface area contributed by atoms with Crippen molar-refractivity contribution in [2.24, 2.45) is 0 Å². The molecule has 0 heterocycles. The van der Waals surface area contributed by atoms with Gasteiger partial charge in [-0.05, 0) is 25.1 Å². The largest absolute Gasteiger partial charge is 0.413 e. The number of rotatable bonds is 3. The Bertz CT molecular complexity index is 369. The summed E-state index contributed by atoms with van der Waals surface area (Å²) in [6.45, 7) is -0.114. The van der Waals surface area contributed by atoms with Crippen molar-refractivity contribution in [2.45, 2.75) is 18.6 Å². The Hall–Kier alpha value is -0.750. The van der Waals surface area contributed by atoms with Gasteiger partial charge in [-0.3, -0.25) is 0 Å². The van der Waals surface area contributed by atoms with E-state index in [0.29, 0.717) is 10.2 Å². The van der Waals surface area contributed by atoms with E-state index in [4.69, 9.17) is 5.11 Å². The van der Waals surface area contributed by atoms with E-state index < -0.39 is 18.3 Å². The molecule has 90 valence electrons. The number of nitrogens with one attached hydrogen (secondary N) is 1. The molecule has 0 radical (unpaired) electrons. The summed E-state index contributed by atoms with van der Waals surface area (Å²) in [6, 6.07) is 6.33. The highest BCUT2D eigenvalue weighted by Gasteiger charge is 2.50. The molecular formula is C10H11BrF3NO. The molecule has 2 nitrogen and oxygen atoms in total. The van der Waals surface area contributed by atoms with Crippen molar-refractivity contribution in [3.63, 3.8) is 0 Å². The monoisotopic (exact) mass is 297 g/mol. The second-order valence-corrected chi connectivity index (χ2v) is 4.54. The molecule has 2 N–H and O–H groups in total. The molecular weight excluding hydrogens is 287 g/mol. The van der Waals surface area contributed by atoms with Crippen molar-refractivity contribution in [1.82, 2.24) is 0 Å². The fourth-order valence-corrected chi connectivity index (χ4v) is 1.48. The molecule has 6 heteroatoms. The molecule has 0 fully saturated rings. The maximum Gasteiger partial charge on any atom is 0.413 e. The van der Waals surface area contributed by atoms with Crippen LogP contribution in [0, 0.1) is 0 Å². The van der Waals surface area contributed by atoms with Crippen molar-refractivity contribution in [1.29, 1.82) is 0 Å². The molecule has 1 unspecified atom stereocenters. The summed E-state index contributed by atoms with van der Waals surface area (Å²) >= 11 is 3.16. The van der Waals surface area contributed by atoms with Crippen molar-refractivity contribution in [3.8, 4) is 0 Å². The third-order valence-corrected chi connectivity index (χ3v) is 2.68. The fraction of sp³-hybridized carbons (Fsp3) is 0.400. The third-order valence-electron chi connectivity index (χ3n) is 2.19. The maximum atomic E-state index is 12.7. The minimum atomic E-state index is -4.52. The SMILES string of the molecule is CC(CO)(Nc1cccc(Br)c1)C(F)(F)F. The van der Waals surface area contributed by atoms with E-state index in [9.17, 15) is 13.2 Å². The standard InChI is InChI=1S/C10H11BrF3NO/c1-9(6-16,10(12,13)14)15-8-4-2-3-7(11)5-8/h2-5,15-16H,6H2,1H3. The van der Waals surface area contributed by atoms with Crippen LogP contribution in [0.3, 0.4) is 0 Å². The number of hydrogen-bond donors (Lipinski definition) is 2. The first-order valence-corrected chi connectivity index (χ1v) is 5.29. The predicted octanol–water partition coefficient (Wildman–Crippen LogP) is 3.17. The topological polar surface area (TPSA) is 32.3 Å². The zero-order valence-corrected chi connectivity index (χ0v) is 10.1. The first-order chi connectivity index (χ1) is 7.28. The fourth-order valence-electron chi connectivity index (χ4n) is 1.08. The summed E-state index contributed by atoms with van der Waals surface area (Å²) in [7, 11) is 0. The van der Waals surface area contributed by atoms with E-state index in [-0.39, 0.29) is 0 Å². The van der Waals surface area contributed by atoms with Crippen molar-refractivity contribution in [2.75, 3.05) is 11.9 Å². The van der Waals surface area contributed by atoms with Gasteiger partial charge in [-0.25, -0.2) is 0 Å². The van der Waals surface area contributed by atoms with E-state index >= 15 is 0 Å². The number of aliphatic hydroxyl groups excluding tert-OH is 1. The van der Waals surface area contributed by atoms with Gasteiger partial charge in [-0.2, -0.15) is 13.2 Å². The highest BCUT2D eigenvalue weighted by molar-refractivity contribution is 9.10. The number of alkyl halides is 3. The zero-order chi connectivity index (χ0) is 12.4. The number of aliphatic hydroxyl groups is 1. The van der Waals surface area contributed by atoms with Gasteiger partial charge >= 0.3 is 6.18 Å². The van der Waals surface area contributed by atoms with E-state index in [1.807, 2.05) is 0 Å². The van der Waals surface area contributed by atoms with Gasteiger partial charge in [0.05, 0.1) is 6.61 Å². The van der Waals surface area contributed by atoms with E-state index in [1.165, 1.54) is 12.1 Å². The highest BCUT2D eigenvalue weighted by atomic mass is 79.9. The van der Waals surface area contributed by atoms with Crippen LogP contribution in [0.1, 0.15) is 6.92 Å². The van der Waals surface area contributed by atoms with Gasteiger partial charge in [0.1, 0.15) is 0 Å². The van der Waals surface area contributed by atoms with Gasteiger partial charge < -0.3 is 10.4 Å². The molecule has 0 amide bonds. The molecule has 16 heavy (non-hydrogen) atoms. The summed E-state index contributed by atoms with van der Waals surface area (Å²) in [5, 5.41) is 11.1. The van der Waals surface area contributed by atoms with Crippen LogP contribution in [-0.4, -0.2) is 23.4 Å². The maximum absolute atomic E-state index is 12.7. The molecule has 0 aliphatic rings. The van der Waals surface area contributed by atoms with Gasteiger partial charge in [0, 0.05) is 10.2 Å². The third kappa shape index (κ3) is 2.89. The predicted molar refractivity (Wildman–Crippen MR) is 59.3 cm³/mol. The van der Waals surface area contributed by atoms with E-state index in [1.54, 1.807) is 12.1 Å². The van der Waals surface area contributed by atoms with Crippen LogP contribution in [0.2, 0.25) is 0 Å². The smallest absolute Gasteiger partial charge is 0.394 e. The number of halogens is 4. The van der Waals surface area contributed by atoms with Crippen LogP contribution in [0.4, 0.5) is 18.9 Å². The molecule has 1 rings (SSSR count). The van der Waals surface area contributed by atoms with Crippen molar-refractivity contribution < 1.29 is 18.3 Å². The zero-order valence-electron chi connectivity index (χ0n) is 8.48. The summed E-state index contributed by atoms with van der Waals surface area (Å²) in [5.74, 6) is 0. The molecule has 0 aromatic heterocycles. The second-order valence-electron chi connectivity index (χ2n) is 3.62. The summed E-state index contributed by atoms with van der Waals surface area (Å²) in [4.78, 5) is 0. The highest BCUT2D eigenvalue weighted by Crippen LogP contribution is 2.33. The Morgan fingerprint density at radius 2 is 2.00 bits per heavy atom. The van der Waals surface area contributed by atoms with Gasteiger partial charge in [-0.1, -0.05) is 22.0 Å². The lowest BCUT2D eigenvalue weighted by Gasteiger charge is -2.32. The summed E-state index contributed by atoms with van der Waals surface area (Å²) < 4.78 is 38.6. The molecule has 0 saturated carbocycles. The molecule has 0 aliphatic heterocycles. The van der Waals surface area contributed by atoms with Gasteiger partial charge in [0.15, 0.2) is 5.54 Å². The first kappa shape index (κ1) is 13.3. The van der Waals surface area contributed by atoms with Crippen LogP contribution >= 0.6 is 15.9 Å². The molecule has 0 aliphatic carbocycles. The Morgan fingerprint density at radius 3 is 2.44 bits per heavy atom. The Labute approximate surface area is 99.6 Å². The van der Waals surface area contributed by atoms with E-state index in [2.05, 4.69) is 21.2 Å². The van der Waals surface area contributed by atoms with Crippen LogP contribution in [0.15, 0.2) is 28.7 Å². The van der Waals surface area contributed by atoms with Crippen LogP contribution in [-0.2, 0) is 0 Å². The average molecular weight is 298 g/mol. The molecule has 0 bridgehead atoms. The number of benzene rings is 1. The number of hydrogen-bond acceptors (Lipinski definition) is 2. The lowest BCUT2D eigenvalue weighted by Crippen LogP contribution is -2.52. The Balaban J connectivity index is 2.94. The van der Waals surface area contributed by atoms with Crippen LogP contribution in [0.25, 0.3) is 0 Å². The van der Waals surface area contributed by atoms with Crippen LogP contribution in [0.5, 0.6) is 0 Å². The van der Waals surface area contributed by atoms with E-state index in [0.717, 1.165) is 6.92 Å². The minimum Gasteiger partial charge on any atom is -0.394 e. The summed E-state index contributed by atoms with van der Waals surface area (Å²) in [5.41, 5.74) is -2.04. The quantitative estimate of drug-likeness (QED) is 0.898. The lowest BCUT2D eigenvalue weighted by atomic mass is 10.0. The molecule has 0 saturated heterocycles. The lowest BCUT2D eigenvalue weighted by molar-refractivity contribution is -0.182. The number of anilines is 1. The van der Waals surface area contributed by atoms with Crippen molar-refractivity contribution in [3.05, 3.63) is 28.7 Å². The normalized spacial score (nSPS) is 15.6. The Morgan fingerprint density at radius 1 is 1.38 bits per heavy atom. The molecule has 0 spiro atoms. The Kier molecular flexibility index (Phi) is 3.85. The summed E-state index contributed by atoms with van der Waals surface area (Å²) in [6.07, 6.45) is -4.52. The van der Waals surface area contributed by atoms with Gasteiger partial charge in [0.2, 0.25) is 0 Å². The van der Waals surface area contributed by atoms with Gasteiger partial charge in [0.25, 0.3) is 0 Å². The average Bonchev–Trinajstić information content (AvgIpc) is 2.15. The minimum absolute atomic E-state index is 0.295.